The standard InChI is InChI=1S/C17H33N7/c1-5-18-17(22(3)13-16-20-14-21-23(16)4)19-10-7-15-8-11-24(6-2)12-9-15/h14-15H,5-13H2,1-4H3,(H,18,19). The van der Waals surface area contributed by atoms with E-state index in [1.165, 1.54) is 38.9 Å². The van der Waals surface area contributed by atoms with Crippen molar-refractivity contribution in [2.24, 2.45) is 18.0 Å². The molecule has 1 N–H and O–H groups in total. The highest BCUT2D eigenvalue weighted by molar-refractivity contribution is 5.79. The summed E-state index contributed by atoms with van der Waals surface area (Å²) in [6.45, 7) is 10.5. The van der Waals surface area contributed by atoms with Gasteiger partial charge in [-0.05, 0) is 51.7 Å². The summed E-state index contributed by atoms with van der Waals surface area (Å²) < 4.78 is 1.81. The Morgan fingerprint density at radius 1 is 1.38 bits per heavy atom. The van der Waals surface area contributed by atoms with Gasteiger partial charge in [0.2, 0.25) is 0 Å². The van der Waals surface area contributed by atoms with Gasteiger partial charge in [0.05, 0.1) is 6.54 Å². The summed E-state index contributed by atoms with van der Waals surface area (Å²) in [6, 6.07) is 0. The summed E-state index contributed by atoms with van der Waals surface area (Å²) in [5, 5.41) is 7.50. The Bertz CT molecular complexity index is 503. The first kappa shape index (κ1) is 18.7. The van der Waals surface area contributed by atoms with Crippen LogP contribution in [-0.4, -0.2) is 70.3 Å². The van der Waals surface area contributed by atoms with Crippen LogP contribution in [0.5, 0.6) is 0 Å². The number of hydrogen-bond acceptors (Lipinski definition) is 4. The van der Waals surface area contributed by atoms with Gasteiger partial charge in [0, 0.05) is 27.2 Å². The van der Waals surface area contributed by atoms with Crippen molar-refractivity contribution >= 4 is 5.96 Å². The summed E-state index contributed by atoms with van der Waals surface area (Å²) in [5.74, 6) is 2.71. The van der Waals surface area contributed by atoms with Gasteiger partial charge < -0.3 is 15.1 Å². The molecule has 24 heavy (non-hydrogen) atoms. The Morgan fingerprint density at radius 3 is 2.71 bits per heavy atom. The van der Waals surface area contributed by atoms with Crippen molar-refractivity contribution in [2.45, 2.75) is 39.7 Å². The van der Waals surface area contributed by atoms with E-state index in [1.54, 1.807) is 6.33 Å². The van der Waals surface area contributed by atoms with Gasteiger partial charge >= 0.3 is 0 Å². The molecule has 2 rings (SSSR count). The molecule has 0 saturated carbocycles. The molecule has 7 heteroatoms. The number of rotatable bonds is 7. The molecule has 7 nitrogen and oxygen atoms in total. The third-order valence-electron chi connectivity index (χ3n) is 4.83. The Hall–Kier alpha value is -1.63. The first-order valence-electron chi connectivity index (χ1n) is 9.18. The normalized spacial score (nSPS) is 17.2. The van der Waals surface area contributed by atoms with Gasteiger partial charge in [-0.1, -0.05) is 6.92 Å². The summed E-state index contributed by atoms with van der Waals surface area (Å²) >= 11 is 0. The fourth-order valence-electron chi connectivity index (χ4n) is 3.16. The van der Waals surface area contributed by atoms with Crippen molar-refractivity contribution in [3.63, 3.8) is 0 Å². The number of guanidine groups is 1. The lowest BCUT2D eigenvalue weighted by molar-refractivity contribution is 0.188. The zero-order chi connectivity index (χ0) is 17.4. The molecule has 0 radical (unpaired) electrons. The Kier molecular flexibility index (Phi) is 7.49. The molecular formula is C17H33N7. The van der Waals surface area contributed by atoms with E-state index in [0.29, 0.717) is 6.54 Å². The van der Waals surface area contributed by atoms with Crippen LogP contribution in [0.15, 0.2) is 11.3 Å². The SMILES string of the molecule is CCNC(=NCCC1CCN(CC)CC1)N(C)Cc1ncnn1C. The van der Waals surface area contributed by atoms with Crippen LogP contribution in [-0.2, 0) is 13.6 Å². The number of hydrogen-bond donors (Lipinski definition) is 1. The van der Waals surface area contributed by atoms with Crippen LogP contribution in [0.2, 0.25) is 0 Å². The van der Waals surface area contributed by atoms with Crippen LogP contribution in [0.1, 0.15) is 38.9 Å². The van der Waals surface area contributed by atoms with Crippen molar-refractivity contribution in [1.29, 1.82) is 0 Å². The highest BCUT2D eigenvalue weighted by Gasteiger charge is 2.17. The number of nitrogens with zero attached hydrogens (tertiary/aromatic N) is 6. The number of nitrogens with one attached hydrogen (secondary N) is 1. The second-order valence-corrected chi connectivity index (χ2v) is 6.56. The molecule has 0 bridgehead atoms. The maximum atomic E-state index is 4.82. The molecule has 136 valence electrons. The number of likely N-dealkylation sites (tertiary alicyclic amines) is 1. The third kappa shape index (κ3) is 5.47. The molecule has 1 aliphatic heterocycles. The zero-order valence-corrected chi connectivity index (χ0v) is 15.7. The van der Waals surface area contributed by atoms with E-state index in [0.717, 1.165) is 30.8 Å². The van der Waals surface area contributed by atoms with E-state index in [9.17, 15) is 0 Å². The Labute approximate surface area is 146 Å². The maximum absolute atomic E-state index is 4.82. The molecular weight excluding hydrogens is 302 g/mol. The molecule has 1 aromatic rings. The van der Waals surface area contributed by atoms with E-state index in [-0.39, 0.29) is 0 Å². The molecule has 2 heterocycles. The van der Waals surface area contributed by atoms with Crippen LogP contribution in [0, 0.1) is 5.92 Å². The van der Waals surface area contributed by atoms with Gasteiger partial charge in [0.25, 0.3) is 0 Å². The summed E-state index contributed by atoms with van der Waals surface area (Å²) in [6.07, 6.45) is 5.41. The van der Waals surface area contributed by atoms with E-state index >= 15 is 0 Å². The van der Waals surface area contributed by atoms with Crippen molar-refractivity contribution in [3.8, 4) is 0 Å². The third-order valence-corrected chi connectivity index (χ3v) is 4.83. The average molecular weight is 336 g/mol. The molecule has 1 aromatic heterocycles. The molecule has 0 aromatic carbocycles. The Morgan fingerprint density at radius 2 is 2.12 bits per heavy atom. The topological polar surface area (TPSA) is 61.6 Å². The minimum atomic E-state index is 0.706. The lowest BCUT2D eigenvalue weighted by atomic mass is 9.94. The molecule has 1 saturated heterocycles. The molecule has 0 spiro atoms. The second kappa shape index (κ2) is 9.61. The lowest BCUT2D eigenvalue weighted by Gasteiger charge is -2.30. The first-order valence-corrected chi connectivity index (χ1v) is 9.18. The van der Waals surface area contributed by atoms with Crippen LogP contribution in [0.25, 0.3) is 0 Å². The van der Waals surface area contributed by atoms with Crippen molar-refractivity contribution < 1.29 is 0 Å². The maximum Gasteiger partial charge on any atom is 0.194 e. The molecule has 0 atom stereocenters. The van der Waals surface area contributed by atoms with Gasteiger partial charge in [-0.15, -0.1) is 0 Å². The van der Waals surface area contributed by atoms with Crippen LogP contribution in [0.4, 0.5) is 0 Å². The number of aromatic nitrogens is 3. The Balaban J connectivity index is 1.82. The predicted molar refractivity (Wildman–Crippen MR) is 97.9 cm³/mol. The first-order chi connectivity index (χ1) is 11.6. The van der Waals surface area contributed by atoms with Gasteiger partial charge in [-0.25, -0.2) is 4.98 Å². The molecule has 0 unspecified atom stereocenters. The largest absolute Gasteiger partial charge is 0.357 e. The molecule has 0 amide bonds. The molecule has 1 fully saturated rings. The van der Waals surface area contributed by atoms with E-state index in [2.05, 4.69) is 46.1 Å². The monoisotopic (exact) mass is 335 g/mol. The molecule has 0 aliphatic carbocycles. The van der Waals surface area contributed by atoms with Gasteiger partial charge in [0.15, 0.2) is 5.96 Å². The van der Waals surface area contributed by atoms with E-state index in [1.807, 2.05) is 11.7 Å². The predicted octanol–water partition coefficient (Wildman–Crippen LogP) is 1.33. The number of aryl methyl sites for hydroxylation is 1. The van der Waals surface area contributed by atoms with Crippen molar-refractivity contribution in [2.75, 3.05) is 39.8 Å². The molecule has 1 aliphatic rings. The average Bonchev–Trinajstić information content (AvgIpc) is 2.99. The van der Waals surface area contributed by atoms with Crippen LogP contribution >= 0.6 is 0 Å². The second-order valence-electron chi connectivity index (χ2n) is 6.56. The fraction of sp³-hybridized carbons (Fsp3) is 0.824. The van der Waals surface area contributed by atoms with Gasteiger partial charge in [0.1, 0.15) is 12.2 Å². The highest BCUT2D eigenvalue weighted by atomic mass is 15.4. The van der Waals surface area contributed by atoms with Crippen molar-refractivity contribution in [1.82, 2.24) is 29.9 Å². The van der Waals surface area contributed by atoms with Crippen molar-refractivity contribution in [3.05, 3.63) is 12.2 Å². The lowest BCUT2D eigenvalue weighted by Crippen LogP contribution is -2.39. The number of aliphatic imine (C=N–C) groups is 1. The highest BCUT2D eigenvalue weighted by Crippen LogP contribution is 2.20. The van der Waals surface area contributed by atoms with E-state index in [4.69, 9.17) is 4.99 Å². The quantitative estimate of drug-likeness (QED) is 0.602. The van der Waals surface area contributed by atoms with Gasteiger partial charge in [-0.2, -0.15) is 5.10 Å². The summed E-state index contributed by atoms with van der Waals surface area (Å²) in [5.41, 5.74) is 0. The smallest absolute Gasteiger partial charge is 0.194 e. The zero-order valence-electron chi connectivity index (χ0n) is 15.7. The fourth-order valence-corrected chi connectivity index (χ4v) is 3.16. The minimum absolute atomic E-state index is 0.706. The van der Waals surface area contributed by atoms with E-state index < -0.39 is 0 Å². The number of piperidine rings is 1. The van der Waals surface area contributed by atoms with Crippen LogP contribution in [0.3, 0.4) is 0 Å². The van der Waals surface area contributed by atoms with Gasteiger partial charge in [-0.3, -0.25) is 9.67 Å². The summed E-state index contributed by atoms with van der Waals surface area (Å²) in [7, 11) is 3.97. The minimum Gasteiger partial charge on any atom is -0.357 e. The van der Waals surface area contributed by atoms with Crippen LogP contribution < -0.4 is 5.32 Å². The summed E-state index contributed by atoms with van der Waals surface area (Å²) in [4.78, 5) is 13.8.